The zero-order valence-electron chi connectivity index (χ0n) is 17.9. The third-order valence-corrected chi connectivity index (χ3v) is 4.57. The largest absolute Gasteiger partial charge is 0.496 e. The van der Waals surface area contributed by atoms with Crippen LogP contribution in [0, 0.1) is 11.8 Å². The Balaban J connectivity index is 2.50. The van der Waals surface area contributed by atoms with Gasteiger partial charge in [-0.05, 0) is 40.7 Å². The molecule has 0 saturated heterocycles. The summed E-state index contributed by atoms with van der Waals surface area (Å²) in [6, 6.07) is 11.6. The van der Waals surface area contributed by atoms with Gasteiger partial charge in [-0.2, -0.15) is 0 Å². The first-order chi connectivity index (χ1) is 12.9. The molecule has 0 aliphatic rings. The van der Waals surface area contributed by atoms with E-state index in [1.807, 2.05) is 24.3 Å². The Morgan fingerprint density at radius 3 is 1.75 bits per heavy atom. The van der Waals surface area contributed by atoms with Crippen LogP contribution in [0.3, 0.4) is 0 Å². The summed E-state index contributed by atoms with van der Waals surface area (Å²) in [5.41, 5.74) is 4.73. The van der Waals surface area contributed by atoms with Crippen molar-refractivity contribution < 1.29 is 14.6 Å². The second-order valence-corrected chi connectivity index (χ2v) is 9.12. The molecule has 0 fully saturated rings. The minimum atomic E-state index is -0.832. The molecule has 2 aromatic rings. The maximum Gasteiger partial charge on any atom is 0.307 e. The molecule has 28 heavy (non-hydrogen) atoms. The van der Waals surface area contributed by atoms with Gasteiger partial charge in [-0.1, -0.05) is 65.5 Å². The summed E-state index contributed by atoms with van der Waals surface area (Å²) in [5, 5.41) is 8.88. The monoisotopic (exact) mass is 378 g/mol. The van der Waals surface area contributed by atoms with Crippen molar-refractivity contribution >= 4 is 5.97 Å². The molecule has 148 valence electrons. The van der Waals surface area contributed by atoms with E-state index in [0.29, 0.717) is 0 Å². The normalized spacial score (nSPS) is 11.5. The van der Waals surface area contributed by atoms with Crippen molar-refractivity contribution in [3.63, 3.8) is 0 Å². The van der Waals surface area contributed by atoms with Crippen molar-refractivity contribution in [1.29, 1.82) is 0 Å². The third kappa shape index (κ3) is 5.39. The molecule has 0 amide bonds. The van der Waals surface area contributed by atoms with Crippen molar-refractivity contribution in [3.05, 3.63) is 64.2 Å². The highest BCUT2D eigenvalue weighted by Gasteiger charge is 2.27. The Hall–Kier alpha value is -2.73. The number of methoxy groups -OCH3 is 1. The van der Waals surface area contributed by atoms with Crippen LogP contribution >= 0.6 is 0 Å². The number of rotatable bonds is 3. The van der Waals surface area contributed by atoms with E-state index >= 15 is 0 Å². The average molecular weight is 379 g/mol. The Kier molecular flexibility index (Phi) is 6.24. The molecule has 0 unspecified atom stereocenters. The number of hydrogen-bond acceptors (Lipinski definition) is 2. The Bertz CT molecular complexity index is 876. The van der Waals surface area contributed by atoms with Crippen LogP contribution in [0.2, 0.25) is 0 Å². The minimum Gasteiger partial charge on any atom is -0.496 e. The van der Waals surface area contributed by atoms with E-state index < -0.39 is 5.97 Å². The number of hydrogen-bond donors (Lipinski definition) is 1. The summed E-state index contributed by atoms with van der Waals surface area (Å²) in [6.45, 7) is 13.1. The van der Waals surface area contributed by atoms with Crippen LogP contribution in [0.4, 0.5) is 0 Å². The quantitative estimate of drug-likeness (QED) is 0.736. The van der Waals surface area contributed by atoms with Gasteiger partial charge in [0, 0.05) is 22.3 Å². The lowest BCUT2D eigenvalue weighted by Gasteiger charge is -2.29. The maximum atomic E-state index is 10.8. The Morgan fingerprint density at radius 1 is 0.893 bits per heavy atom. The first-order valence-corrected chi connectivity index (χ1v) is 9.47. The molecule has 0 heterocycles. The maximum absolute atomic E-state index is 10.8. The SMILES string of the molecule is COc1c(C(C)(C)C)cc(C#Cc2ccc(CC(=O)O)cc2)cc1C(C)(C)C. The number of carboxylic acid groups (broad SMARTS) is 1. The van der Waals surface area contributed by atoms with Gasteiger partial charge in [0.15, 0.2) is 0 Å². The number of carboxylic acids is 1. The molecule has 2 rings (SSSR count). The minimum absolute atomic E-state index is 0.0239. The van der Waals surface area contributed by atoms with E-state index in [1.165, 1.54) is 0 Å². The Labute approximate surface area is 168 Å². The highest BCUT2D eigenvalue weighted by Crippen LogP contribution is 2.40. The topological polar surface area (TPSA) is 46.5 Å². The lowest BCUT2D eigenvalue weighted by Crippen LogP contribution is -2.19. The van der Waals surface area contributed by atoms with Gasteiger partial charge in [0.2, 0.25) is 0 Å². The second kappa shape index (κ2) is 8.10. The van der Waals surface area contributed by atoms with Gasteiger partial charge >= 0.3 is 5.97 Å². The standard InChI is InChI=1S/C25H30O3/c1-24(2,3)20-14-19(15-21(23(20)28-7)25(4,5)6)13-10-17-8-11-18(12-9-17)16-22(26)27/h8-9,11-12,14-15H,16H2,1-7H3,(H,26,27). The molecule has 2 aromatic carbocycles. The van der Waals surface area contributed by atoms with Gasteiger partial charge in [0.25, 0.3) is 0 Å². The summed E-state index contributed by atoms with van der Waals surface area (Å²) in [5.74, 6) is 6.58. The predicted octanol–water partition coefficient (Wildman–Crippen LogP) is 5.32. The number of carbonyl (C=O) groups is 1. The van der Waals surface area contributed by atoms with Crippen molar-refractivity contribution in [2.24, 2.45) is 0 Å². The zero-order chi connectivity index (χ0) is 21.1. The summed E-state index contributed by atoms with van der Waals surface area (Å²) in [6.07, 6.45) is 0.0239. The zero-order valence-corrected chi connectivity index (χ0v) is 17.9. The van der Waals surface area contributed by atoms with Crippen LogP contribution in [0.1, 0.15) is 69.4 Å². The molecule has 0 atom stereocenters. The summed E-state index contributed by atoms with van der Waals surface area (Å²) in [4.78, 5) is 10.8. The third-order valence-electron chi connectivity index (χ3n) is 4.57. The van der Waals surface area contributed by atoms with Crippen LogP contribution < -0.4 is 4.74 Å². The van der Waals surface area contributed by atoms with E-state index in [1.54, 1.807) is 7.11 Å². The van der Waals surface area contributed by atoms with Gasteiger partial charge in [-0.3, -0.25) is 4.79 Å². The summed E-state index contributed by atoms with van der Waals surface area (Å²) >= 11 is 0. The molecule has 0 radical (unpaired) electrons. The first-order valence-electron chi connectivity index (χ1n) is 9.47. The fourth-order valence-corrected chi connectivity index (χ4v) is 3.06. The number of aliphatic carboxylic acids is 1. The van der Waals surface area contributed by atoms with Crippen molar-refractivity contribution in [1.82, 2.24) is 0 Å². The van der Waals surface area contributed by atoms with E-state index in [2.05, 4.69) is 65.5 Å². The summed E-state index contributed by atoms with van der Waals surface area (Å²) < 4.78 is 5.80. The van der Waals surface area contributed by atoms with Crippen LogP contribution in [0.15, 0.2) is 36.4 Å². The molecular formula is C25H30O3. The van der Waals surface area contributed by atoms with Crippen LogP contribution in [0.5, 0.6) is 5.75 Å². The van der Waals surface area contributed by atoms with Crippen LogP contribution in [0.25, 0.3) is 0 Å². The molecule has 0 saturated carbocycles. The molecule has 0 aliphatic carbocycles. The first kappa shape index (κ1) is 21.6. The molecule has 1 N–H and O–H groups in total. The number of benzene rings is 2. The second-order valence-electron chi connectivity index (χ2n) is 9.12. The molecule has 0 aliphatic heterocycles. The van der Waals surface area contributed by atoms with E-state index in [4.69, 9.17) is 9.84 Å². The summed E-state index contributed by atoms with van der Waals surface area (Å²) in [7, 11) is 1.73. The van der Waals surface area contributed by atoms with Gasteiger partial charge in [-0.15, -0.1) is 0 Å². The van der Waals surface area contributed by atoms with Gasteiger partial charge in [0.05, 0.1) is 13.5 Å². The molecule has 0 bridgehead atoms. The lowest BCUT2D eigenvalue weighted by atomic mass is 9.78. The average Bonchev–Trinajstić information content (AvgIpc) is 2.58. The number of ether oxygens (including phenoxy) is 1. The van der Waals surface area contributed by atoms with Crippen LogP contribution in [-0.2, 0) is 22.0 Å². The fraction of sp³-hybridized carbons (Fsp3) is 0.400. The smallest absolute Gasteiger partial charge is 0.307 e. The molecule has 3 heteroatoms. The van der Waals surface area contributed by atoms with Crippen LogP contribution in [-0.4, -0.2) is 18.2 Å². The molecule has 3 nitrogen and oxygen atoms in total. The van der Waals surface area contributed by atoms with Gasteiger partial charge in [-0.25, -0.2) is 0 Å². The Morgan fingerprint density at radius 2 is 1.36 bits per heavy atom. The predicted molar refractivity (Wildman–Crippen MR) is 114 cm³/mol. The van der Waals surface area contributed by atoms with Crippen molar-refractivity contribution in [3.8, 4) is 17.6 Å². The lowest BCUT2D eigenvalue weighted by molar-refractivity contribution is -0.136. The molecule has 0 spiro atoms. The highest BCUT2D eigenvalue weighted by molar-refractivity contribution is 5.70. The van der Waals surface area contributed by atoms with Crippen molar-refractivity contribution in [2.45, 2.75) is 58.8 Å². The van der Waals surface area contributed by atoms with Gasteiger partial charge < -0.3 is 9.84 Å². The highest BCUT2D eigenvalue weighted by atomic mass is 16.5. The van der Waals surface area contributed by atoms with E-state index in [0.717, 1.165) is 33.6 Å². The van der Waals surface area contributed by atoms with Crippen molar-refractivity contribution in [2.75, 3.05) is 7.11 Å². The fourth-order valence-electron chi connectivity index (χ4n) is 3.06. The van der Waals surface area contributed by atoms with E-state index in [9.17, 15) is 4.79 Å². The molecular weight excluding hydrogens is 348 g/mol. The molecule has 0 aromatic heterocycles. The van der Waals surface area contributed by atoms with E-state index in [-0.39, 0.29) is 17.3 Å². The van der Waals surface area contributed by atoms with Gasteiger partial charge in [0.1, 0.15) is 5.75 Å².